The van der Waals surface area contributed by atoms with Crippen molar-refractivity contribution >= 4 is 11.9 Å². The fourth-order valence-electron chi connectivity index (χ4n) is 1.22. The molecule has 0 aromatic carbocycles. The van der Waals surface area contributed by atoms with Gasteiger partial charge in [-0.1, -0.05) is 0 Å². The first-order valence-corrected chi connectivity index (χ1v) is 5.38. The summed E-state index contributed by atoms with van der Waals surface area (Å²) in [5.41, 5.74) is -0.526. The van der Waals surface area contributed by atoms with Gasteiger partial charge < -0.3 is 15.1 Å². The third kappa shape index (κ3) is 2.84. The molecule has 1 amide bonds. The van der Waals surface area contributed by atoms with Gasteiger partial charge in [-0.05, 0) is 26.0 Å². The van der Waals surface area contributed by atoms with Crippen LogP contribution in [0.3, 0.4) is 0 Å². The summed E-state index contributed by atoms with van der Waals surface area (Å²) in [5.74, 6) is -1.46. The summed E-state index contributed by atoms with van der Waals surface area (Å²) in [7, 11) is 1.57. The Kier molecular flexibility index (Phi) is 4.03. The fraction of sp³-hybridized carbons (Fsp3) is 0.417. The summed E-state index contributed by atoms with van der Waals surface area (Å²) in [6.45, 7) is 3.28. The van der Waals surface area contributed by atoms with Crippen LogP contribution in [0.4, 0.5) is 0 Å². The molecule has 0 fully saturated rings. The Labute approximate surface area is 105 Å². The second-order valence-corrected chi connectivity index (χ2v) is 4.57. The molecular weight excluding hydrogens is 236 g/mol. The number of aliphatic hydroxyl groups excluding tert-OH is 1. The van der Waals surface area contributed by atoms with E-state index in [1.165, 1.54) is 23.2 Å². The van der Waals surface area contributed by atoms with E-state index < -0.39 is 11.5 Å². The second kappa shape index (κ2) is 5.14. The van der Waals surface area contributed by atoms with Crippen LogP contribution < -0.4 is 0 Å². The highest BCUT2D eigenvalue weighted by Crippen LogP contribution is 2.15. The van der Waals surface area contributed by atoms with Crippen molar-refractivity contribution in [2.45, 2.75) is 19.4 Å². The Morgan fingerprint density at radius 2 is 2.00 bits per heavy atom. The molecule has 0 bridgehead atoms. The van der Waals surface area contributed by atoms with E-state index in [2.05, 4.69) is 4.98 Å². The highest BCUT2D eigenvalue weighted by Gasteiger charge is 2.27. The first kappa shape index (κ1) is 14.1. The SMILES string of the molecule is CN(C(=O)c1ccc(C(=O)O)nc1)C(C)(C)CO. The summed E-state index contributed by atoms with van der Waals surface area (Å²) in [4.78, 5) is 27.8. The predicted octanol–water partition coefficient (Wildman–Crippen LogP) is 0.623. The molecule has 6 nitrogen and oxygen atoms in total. The van der Waals surface area contributed by atoms with Crippen molar-refractivity contribution in [1.29, 1.82) is 0 Å². The zero-order valence-corrected chi connectivity index (χ0v) is 10.5. The van der Waals surface area contributed by atoms with Gasteiger partial charge in [0.1, 0.15) is 5.69 Å². The third-order valence-electron chi connectivity index (χ3n) is 2.83. The number of likely N-dealkylation sites (N-methyl/N-ethyl adjacent to an activating group) is 1. The zero-order chi connectivity index (χ0) is 13.9. The van der Waals surface area contributed by atoms with E-state index in [1.54, 1.807) is 20.9 Å². The standard InChI is InChI=1S/C12H16N2O4/c1-12(2,7-15)14(3)10(16)8-4-5-9(11(17)18)13-6-8/h4-6,15H,7H2,1-3H3,(H,17,18). The maximum Gasteiger partial charge on any atom is 0.354 e. The number of hydrogen-bond donors (Lipinski definition) is 2. The van der Waals surface area contributed by atoms with Crippen LogP contribution in [0.5, 0.6) is 0 Å². The summed E-state index contributed by atoms with van der Waals surface area (Å²) in [5, 5.41) is 17.9. The Hall–Kier alpha value is -1.95. The van der Waals surface area contributed by atoms with Gasteiger partial charge in [0.05, 0.1) is 17.7 Å². The Balaban J connectivity index is 2.94. The van der Waals surface area contributed by atoms with E-state index in [-0.39, 0.29) is 23.8 Å². The number of aliphatic hydroxyl groups is 1. The lowest BCUT2D eigenvalue weighted by molar-refractivity contribution is 0.0472. The first-order chi connectivity index (χ1) is 8.29. The smallest absolute Gasteiger partial charge is 0.354 e. The van der Waals surface area contributed by atoms with E-state index in [1.807, 2.05) is 0 Å². The van der Waals surface area contributed by atoms with Crippen LogP contribution in [-0.2, 0) is 0 Å². The number of hydrogen-bond acceptors (Lipinski definition) is 4. The molecule has 1 aromatic heterocycles. The van der Waals surface area contributed by atoms with Crippen LogP contribution in [0, 0.1) is 0 Å². The largest absolute Gasteiger partial charge is 0.477 e. The lowest BCUT2D eigenvalue weighted by atomic mass is 10.0. The highest BCUT2D eigenvalue weighted by atomic mass is 16.4. The average Bonchev–Trinajstić information content (AvgIpc) is 2.37. The molecule has 18 heavy (non-hydrogen) atoms. The molecule has 98 valence electrons. The van der Waals surface area contributed by atoms with Gasteiger partial charge in [0, 0.05) is 13.2 Å². The molecule has 0 aliphatic rings. The minimum Gasteiger partial charge on any atom is -0.477 e. The molecule has 0 atom stereocenters. The van der Waals surface area contributed by atoms with Crippen molar-refractivity contribution < 1.29 is 19.8 Å². The number of rotatable bonds is 4. The molecule has 0 aliphatic heterocycles. The molecule has 2 N–H and O–H groups in total. The molecule has 1 heterocycles. The summed E-state index contributed by atoms with van der Waals surface area (Å²) >= 11 is 0. The molecule has 0 radical (unpaired) electrons. The van der Waals surface area contributed by atoms with Crippen LogP contribution >= 0.6 is 0 Å². The average molecular weight is 252 g/mol. The van der Waals surface area contributed by atoms with E-state index in [4.69, 9.17) is 5.11 Å². The molecule has 0 spiro atoms. The zero-order valence-electron chi connectivity index (χ0n) is 10.5. The maximum atomic E-state index is 12.1. The monoisotopic (exact) mass is 252 g/mol. The fourth-order valence-corrected chi connectivity index (χ4v) is 1.22. The number of aromatic nitrogens is 1. The van der Waals surface area contributed by atoms with Crippen LogP contribution in [0.2, 0.25) is 0 Å². The number of carboxylic acids is 1. The minimum atomic E-state index is -1.14. The Morgan fingerprint density at radius 1 is 1.39 bits per heavy atom. The quantitative estimate of drug-likeness (QED) is 0.819. The molecule has 0 aliphatic carbocycles. The van der Waals surface area contributed by atoms with Gasteiger partial charge in [0.2, 0.25) is 0 Å². The maximum absolute atomic E-state index is 12.1. The number of aromatic carboxylic acids is 1. The molecule has 1 aromatic rings. The Bertz CT molecular complexity index is 454. The molecular formula is C12H16N2O4. The normalized spacial score (nSPS) is 11.1. The highest BCUT2D eigenvalue weighted by molar-refractivity contribution is 5.95. The van der Waals surface area contributed by atoms with Crippen molar-refractivity contribution in [1.82, 2.24) is 9.88 Å². The van der Waals surface area contributed by atoms with Gasteiger partial charge in [-0.25, -0.2) is 9.78 Å². The molecule has 6 heteroatoms. The molecule has 0 saturated carbocycles. The van der Waals surface area contributed by atoms with E-state index >= 15 is 0 Å². The van der Waals surface area contributed by atoms with Gasteiger partial charge in [0.15, 0.2) is 0 Å². The topological polar surface area (TPSA) is 90.7 Å². The third-order valence-corrected chi connectivity index (χ3v) is 2.83. The van der Waals surface area contributed by atoms with Gasteiger partial charge >= 0.3 is 5.97 Å². The van der Waals surface area contributed by atoms with Crippen LogP contribution in [0.25, 0.3) is 0 Å². The lowest BCUT2D eigenvalue weighted by Gasteiger charge is -2.33. The number of carbonyl (C=O) groups is 2. The van der Waals surface area contributed by atoms with Crippen molar-refractivity contribution in [3.8, 4) is 0 Å². The van der Waals surface area contributed by atoms with Gasteiger partial charge in [-0.2, -0.15) is 0 Å². The summed E-state index contributed by atoms with van der Waals surface area (Å²) < 4.78 is 0. The van der Waals surface area contributed by atoms with Crippen molar-refractivity contribution in [2.75, 3.05) is 13.7 Å². The van der Waals surface area contributed by atoms with Crippen molar-refractivity contribution in [3.05, 3.63) is 29.6 Å². The molecule has 0 unspecified atom stereocenters. The minimum absolute atomic E-state index is 0.115. The van der Waals surface area contributed by atoms with Gasteiger partial charge in [0.25, 0.3) is 5.91 Å². The van der Waals surface area contributed by atoms with E-state index in [9.17, 15) is 14.7 Å². The lowest BCUT2D eigenvalue weighted by Crippen LogP contribution is -2.47. The summed E-state index contributed by atoms with van der Waals surface area (Å²) in [6, 6.07) is 2.68. The van der Waals surface area contributed by atoms with Crippen molar-refractivity contribution in [2.24, 2.45) is 0 Å². The second-order valence-electron chi connectivity index (χ2n) is 4.57. The number of pyridine rings is 1. The van der Waals surface area contributed by atoms with E-state index in [0.717, 1.165) is 0 Å². The number of carbonyl (C=O) groups excluding carboxylic acids is 1. The van der Waals surface area contributed by atoms with Crippen LogP contribution in [0.15, 0.2) is 18.3 Å². The number of nitrogens with zero attached hydrogens (tertiary/aromatic N) is 2. The van der Waals surface area contributed by atoms with Crippen LogP contribution in [-0.4, -0.2) is 51.2 Å². The van der Waals surface area contributed by atoms with Crippen LogP contribution in [0.1, 0.15) is 34.7 Å². The molecule has 0 saturated heterocycles. The number of amides is 1. The van der Waals surface area contributed by atoms with Crippen molar-refractivity contribution in [3.63, 3.8) is 0 Å². The number of carboxylic acid groups (broad SMARTS) is 1. The predicted molar refractivity (Wildman–Crippen MR) is 64.5 cm³/mol. The van der Waals surface area contributed by atoms with Gasteiger partial charge in [-0.3, -0.25) is 4.79 Å². The molecule has 1 rings (SSSR count). The van der Waals surface area contributed by atoms with Gasteiger partial charge in [-0.15, -0.1) is 0 Å². The first-order valence-electron chi connectivity index (χ1n) is 5.38. The Morgan fingerprint density at radius 3 is 2.39 bits per heavy atom. The van der Waals surface area contributed by atoms with E-state index in [0.29, 0.717) is 0 Å². The summed E-state index contributed by atoms with van der Waals surface area (Å²) in [6.07, 6.45) is 1.22.